The van der Waals surface area contributed by atoms with Crippen LogP contribution in [-0.4, -0.2) is 31.2 Å². The Morgan fingerprint density at radius 3 is 2.76 bits per heavy atom. The van der Waals surface area contributed by atoms with E-state index in [0.29, 0.717) is 6.04 Å². The molecule has 21 heavy (non-hydrogen) atoms. The third kappa shape index (κ3) is 3.04. The van der Waals surface area contributed by atoms with Crippen LogP contribution in [0.3, 0.4) is 0 Å². The molecule has 2 heterocycles. The molecule has 1 aliphatic heterocycles. The maximum absolute atomic E-state index is 4.79. The molecule has 1 N–H and O–H groups in total. The molecule has 112 valence electrons. The molecule has 0 fully saturated rings. The fourth-order valence-corrected chi connectivity index (χ4v) is 3.38. The standard InChI is InChI=1S/C16H22N4S/c1-12(2)17-10-13-11-21-16(18-13)20-9-8-19(3)14-6-4-5-7-15(14)20/h4-7,11-12,17H,8-10H2,1-3H3. The van der Waals surface area contributed by atoms with Crippen LogP contribution in [0.4, 0.5) is 16.5 Å². The van der Waals surface area contributed by atoms with E-state index in [4.69, 9.17) is 4.98 Å². The van der Waals surface area contributed by atoms with Gasteiger partial charge >= 0.3 is 0 Å². The first-order chi connectivity index (χ1) is 10.1. The number of nitrogens with one attached hydrogen (secondary N) is 1. The fourth-order valence-electron chi connectivity index (χ4n) is 2.51. The summed E-state index contributed by atoms with van der Waals surface area (Å²) in [5.74, 6) is 0. The van der Waals surface area contributed by atoms with Crippen LogP contribution in [0.25, 0.3) is 0 Å². The van der Waals surface area contributed by atoms with E-state index >= 15 is 0 Å². The molecule has 1 aromatic heterocycles. The molecule has 0 saturated carbocycles. The minimum atomic E-state index is 0.486. The summed E-state index contributed by atoms with van der Waals surface area (Å²) in [5.41, 5.74) is 3.66. The first-order valence-electron chi connectivity index (χ1n) is 7.40. The molecule has 0 spiro atoms. The number of likely N-dealkylation sites (N-methyl/N-ethyl adjacent to an activating group) is 1. The van der Waals surface area contributed by atoms with E-state index in [2.05, 4.69) is 65.7 Å². The van der Waals surface area contributed by atoms with Gasteiger partial charge in [-0.15, -0.1) is 11.3 Å². The van der Waals surface area contributed by atoms with Crippen LogP contribution >= 0.6 is 11.3 Å². The molecule has 5 heteroatoms. The number of hydrogen-bond acceptors (Lipinski definition) is 5. The van der Waals surface area contributed by atoms with Gasteiger partial charge in [-0.2, -0.15) is 0 Å². The third-order valence-electron chi connectivity index (χ3n) is 3.70. The number of para-hydroxylation sites is 2. The Balaban J connectivity index is 1.83. The molecule has 0 radical (unpaired) electrons. The number of fused-ring (bicyclic) bond motifs is 1. The second-order valence-corrected chi connectivity index (χ2v) is 6.56. The Labute approximate surface area is 130 Å². The van der Waals surface area contributed by atoms with Crippen molar-refractivity contribution in [3.8, 4) is 0 Å². The van der Waals surface area contributed by atoms with E-state index in [1.807, 2.05) is 0 Å². The molecule has 4 nitrogen and oxygen atoms in total. The average Bonchev–Trinajstić information content (AvgIpc) is 2.94. The highest BCUT2D eigenvalue weighted by atomic mass is 32.1. The molecule has 1 aromatic carbocycles. The van der Waals surface area contributed by atoms with Crippen molar-refractivity contribution in [3.05, 3.63) is 35.3 Å². The lowest BCUT2D eigenvalue weighted by Crippen LogP contribution is -2.36. The van der Waals surface area contributed by atoms with Crippen molar-refractivity contribution >= 4 is 27.8 Å². The van der Waals surface area contributed by atoms with Gasteiger partial charge in [0.1, 0.15) is 0 Å². The van der Waals surface area contributed by atoms with Crippen LogP contribution in [-0.2, 0) is 6.54 Å². The highest BCUT2D eigenvalue weighted by Crippen LogP contribution is 2.37. The Morgan fingerprint density at radius 2 is 2.00 bits per heavy atom. The number of anilines is 3. The third-order valence-corrected chi connectivity index (χ3v) is 4.62. The topological polar surface area (TPSA) is 31.4 Å². The summed E-state index contributed by atoms with van der Waals surface area (Å²) in [7, 11) is 2.15. The van der Waals surface area contributed by atoms with Crippen molar-refractivity contribution in [1.82, 2.24) is 10.3 Å². The number of nitrogens with zero attached hydrogens (tertiary/aromatic N) is 3. The SMILES string of the molecule is CC(C)NCc1csc(N2CCN(C)c3ccccc32)n1. The van der Waals surface area contributed by atoms with Gasteiger partial charge in [0.25, 0.3) is 0 Å². The zero-order valence-corrected chi connectivity index (χ0v) is 13.7. The molecule has 3 rings (SSSR count). The van der Waals surface area contributed by atoms with Crippen molar-refractivity contribution in [3.63, 3.8) is 0 Å². The van der Waals surface area contributed by atoms with E-state index in [9.17, 15) is 0 Å². The molecule has 0 aliphatic carbocycles. The van der Waals surface area contributed by atoms with Gasteiger partial charge in [0.05, 0.1) is 17.1 Å². The highest BCUT2D eigenvalue weighted by Gasteiger charge is 2.22. The molecule has 0 bridgehead atoms. The largest absolute Gasteiger partial charge is 0.371 e. The summed E-state index contributed by atoms with van der Waals surface area (Å²) in [6, 6.07) is 9.03. The zero-order valence-electron chi connectivity index (χ0n) is 12.8. The molecule has 1 aliphatic rings. The minimum absolute atomic E-state index is 0.486. The smallest absolute Gasteiger partial charge is 0.190 e. The van der Waals surface area contributed by atoms with Crippen LogP contribution in [0.2, 0.25) is 0 Å². The van der Waals surface area contributed by atoms with Crippen LogP contribution in [0.15, 0.2) is 29.6 Å². The van der Waals surface area contributed by atoms with E-state index in [1.54, 1.807) is 11.3 Å². The van der Waals surface area contributed by atoms with E-state index in [1.165, 1.54) is 11.4 Å². The Morgan fingerprint density at radius 1 is 1.24 bits per heavy atom. The molecule has 0 atom stereocenters. The van der Waals surface area contributed by atoms with E-state index in [0.717, 1.165) is 30.5 Å². The number of thiazole rings is 1. The molecule has 2 aromatic rings. The lowest BCUT2D eigenvalue weighted by atomic mass is 10.2. The summed E-state index contributed by atoms with van der Waals surface area (Å²) in [4.78, 5) is 9.43. The molecule has 0 saturated heterocycles. The van der Waals surface area contributed by atoms with Crippen molar-refractivity contribution in [2.24, 2.45) is 0 Å². The monoisotopic (exact) mass is 302 g/mol. The summed E-state index contributed by atoms with van der Waals surface area (Å²) < 4.78 is 0. The predicted molar refractivity (Wildman–Crippen MR) is 90.8 cm³/mol. The van der Waals surface area contributed by atoms with Gasteiger partial charge in [-0.05, 0) is 12.1 Å². The van der Waals surface area contributed by atoms with Crippen molar-refractivity contribution in [2.45, 2.75) is 26.4 Å². The van der Waals surface area contributed by atoms with Gasteiger partial charge in [-0.3, -0.25) is 0 Å². The maximum atomic E-state index is 4.79. The molecular weight excluding hydrogens is 280 g/mol. The van der Waals surface area contributed by atoms with Crippen LogP contribution < -0.4 is 15.1 Å². The Hall–Kier alpha value is -1.59. The lowest BCUT2D eigenvalue weighted by Gasteiger charge is -2.35. The van der Waals surface area contributed by atoms with Crippen LogP contribution in [0.5, 0.6) is 0 Å². The number of aromatic nitrogens is 1. The number of hydrogen-bond donors (Lipinski definition) is 1. The van der Waals surface area contributed by atoms with Gasteiger partial charge in [-0.1, -0.05) is 26.0 Å². The Kier molecular flexibility index (Phi) is 4.12. The first kappa shape index (κ1) is 14.4. The van der Waals surface area contributed by atoms with Gasteiger partial charge in [-0.25, -0.2) is 4.98 Å². The molecule has 0 unspecified atom stereocenters. The summed E-state index contributed by atoms with van der Waals surface area (Å²) in [5, 5.41) is 6.67. The lowest BCUT2D eigenvalue weighted by molar-refractivity contribution is 0.583. The predicted octanol–water partition coefficient (Wildman–Crippen LogP) is 3.23. The Bertz CT molecular complexity index is 608. The number of benzene rings is 1. The van der Waals surface area contributed by atoms with Gasteiger partial charge in [0.2, 0.25) is 0 Å². The summed E-state index contributed by atoms with van der Waals surface area (Å²) >= 11 is 1.73. The normalized spacial score (nSPS) is 14.7. The van der Waals surface area contributed by atoms with Gasteiger partial charge in [0, 0.05) is 38.1 Å². The van der Waals surface area contributed by atoms with Crippen LogP contribution in [0, 0.1) is 0 Å². The summed E-state index contributed by atoms with van der Waals surface area (Å²) in [6.07, 6.45) is 0. The number of rotatable bonds is 4. The highest BCUT2D eigenvalue weighted by molar-refractivity contribution is 7.13. The zero-order chi connectivity index (χ0) is 14.8. The van der Waals surface area contributed by atoms with E-state index < -0.39 is 0 Å². The fraction of sp³-hybridized carbons (Fsp3) is 0.438. The second kappa shape index (κ2) is 6.03. The average molecular weight is 302 g/mol. The van der Waals surface area contributed by atoms with Crippen molar-refractivity contribution in [1.29, 1.82) is 0 Å². The van der Waals surface area contributed by atoms with Crippen molar-refractivity contribution in [2.75, 3.05) is 29.9 Å². The van der Waals surface area contributed by atoms with Crippen LogP contribution in [0.1, 0.15) is 19.5 Å². The maximum Gasteiger partial charge on any atom is 0.190 e. The van der Waals surface area contributed by atoms with E-state index in [-0.39, 0.29) is 0 Å². The summed E-state index contributed by atoms with van der Waals surface area (Å²) in [6.45, 7) is 7.16. The molecular formula is C16H22N4S. The minimum Gasteiger partial charge on any atom is -0.371 e. The van der Waals surface area contributed by atoms with Crippen molar-refractivity contribution < 1.29 is 0 Å². The van der Waals surface area contributed by atoms with Gasteiger partial charge < -0.3 is 15.1 Å². The second-order valence-electron chi connectivity index (χ2n) is 5.72. The quantitative estimate of drug-likeness (QED) is 0.939. The molecule has 0 amide bonds. The van der Waals surface area contributed by atoms with Gasteiger partial charge in [0.15, 0.2) is 5.13 Å². The first-order valence-corrected chi connectivity index (χ1v) is 8.28.